The van der Waals surface area contributed by atoms with Crippen molar-refractivity contribution in [2.75, 3.05) is 26.2 Å². The molecule has 2 saturated heterocycles. The summed E-state index contributed by atoms with van der Waals surface area (Å²) in [6.45, 7) is 4.75. The standard InChI is InChI=1S/C25H28N4O3/c1-17-22-20(16-21(26-23(22)32-27-17)18-8-4-2-5-9-18)25(31)29-14-10-19(11-15-29)24(30)28-12-6-3-7-13-28/h2,4-5,8-9,16,19H,3,6-7,10-15H2,1H3. The van der Waals surface area contributed by atoms with Crippen LogP contribution in [0, 0.1) is 12.8 Å². The van der Waals surface area contributed by atoms with E-state index in [0.29, 0.717) is 54.0 Å². The van der Waals surface area contributed by atoms with Crippen LogP contribution in [0.1, 0.15) is 48.2 Å². The van der Waals surface area contributed by atoms with Crippen molar-refractivity contribution in [2.45, 2.75) is 39.0 Å². The second-order valence-corrected chi connectivity index (χ2v) is 8.82. The van der Waals surface area contributed by atoms with Crippen molar-refractivity contribution in [1.82, 2.24) is 19.9 Å². The van der Waals surface area contributed by atoms with Crippen molar-refractivity contribution in [3.05, 3.63) is 47.7 Å². The van der Waals surface area contributed by atoms with Crippen molar-refractivity contribution in [3.8, 4) is 11.3 Å². The largest absolute Gasteiger partial charge is 0.342 e. The third kappa shape index (κ3) is 3.87. The number of pyridine rings is 1. The van der Waals surface area contributed by atoms with Crippen LogP contribution in [0.5, 0.6) is 0 Å². The van der Waals surface area contributed by atoms with E-state index in [1.54, 1.807) is 0 Å². The van der Waals surface area contributed by atoms with Crippen molar-refractivity contribution in [1.29, 1.82) is 0 Å². The number of aryl methyl sites for hydroxylation is 1. The summed E-state index contributed by atoms with van der Waals surface area (Å²) < 4.78 is 5.42. The van der Waals surface area contributed by atoms with Gasteiger partial charge in [-0.2, -0.15) is 0 Å². The van der Waals surface area contributed by atoms with Gasteiger partial charge in [0.2, 0.25) is 5.91 Å². The molecule has 32 heavy (non-hydrogen) atoms. The third-order valence-corrected chi connectivity index (χ3v) is 6.72. The van der Waals surface area contributed by atoms with E-state index in [4.69, 9.17) is 4.52 Å². The summed E-state index contributed by atoms with van der Waals surface area (Å²) in [4.78, 5) is 34.9. The molecule has 0 saturated carbocycles. The maximum Gasteiger partial charge on any atom is 0.259 e. The molecule has 0 aliphatic carbocycles. The number of amides is 2. The van der Waals surface area contributed by atoms with E-state index in [0.717, 1.165) is 31.5 Å². The Morgan fingerprint density at radius 1 is 0.969 bits per heavy atom. The Morgan fingerprint density at radius 2 is 1.69 bits per heavy atom. The van der Waals surface area contributed by atoms with Gasteiger partial charge in [0, 0.05) is 37.7 Å². The van der Waals surface area contributed by atoms with Crippen LogP contribution in [0.25, 0.3) is 22.4 Å². The number of hydrogen-bond donors (Lipinski definition) is 0. The number of aromatic nitrogens is 2. The first-order chi connectivity index (χ1) is 15.6. The minimum Gasteiger partial charge on any atom is -0.342 e. The molecule has 1 aromatic carbocycles. The van der Waals surface area contributed by atoms with Gasteiger partial charge < -0.3 is 14.3 Å². The molecule has 0 bridgehead atoms. The molecule has 0 atom stereocenters. The van der Waals surface area contributed by atoms with Crippen LogP contribution in [-0.4, -0.2) is 57.9 Å². The molecule has 0 spiro atoms. The number of rotatable bonds is 3. The fourth-order valence-corrected chi connectivity index (χ4v) is 4.89. The Labute approximate surface area is 187 Å². The maximum atomic E-state index is 13.6. The molecule has 0 unspecified atom stereocenters. The summed E-state index contributed by atoms with van der Waals surface area (Å²) in [5.41, 5.74) is 3.21. The summed E-state index contributed by atoms with van der Waals surface area (Å²) in [5.74, 6) is 0.237. The second kappa shape index (κ2) is 8.73. The zero-order valence-electron chi connectivity index (χ0n) is 18.4. The van der Waals surface area contributed by atoms with Crippen LogP contribution < -0.4 is 0 Å². The molecule has 5 rings (SSSR count). The number of fused-ring (bicyclic) bond motifs is 1. The Hall–Kier alpha value is -3.22. The van der Waals surface area contributed by atoms with Gasteiger partial charge >= 0.3 is 0 Å². The molecule has 2 aliphatic heterocycles. The number of benzene rings is 1. The van der Waals surface area contributed by atoms with Gasteiger partial charge in [0.15, 0.2) is 0 Å². The minimum absolute atomic E-state index is 0.0202. The fourth-order valence-electron chi connectivity index (χ4n) is 4.89. The van der Waals surface area contributed by atoms with E-state index in [2.05, 4.69) is 10.1 Å². The van der Waals surface area contributed by atoms with E-state index in [-0.39, 0.29) is 17.7 Å². The van der Waals surface area contributed by atoms with Gasteiger partial charge in [-0.25, -0.2) is 4.98 Å². The average Bonchev–Trinajstić information content (AvgIpc) is 3.24. The van der Waals surface area contributed by atoms with Crippen molar-refractivity contribution >= 4 is 22.9 Å². The lowest BCUT2D eigenvalue weighted by molar-refractivity contribution is -0.137. The van der Waals surface area contributed by atoms with Crippen molar-refractivity contribution in [3.63, 3.8) is 0 Å². The number of nitrogens with zero attached hydrogens (tertiary/aromatic N) is 4. The van der Waals surface area contributed by atoms with Crippen LogP contribution in [0.3, 0.4) is 0 Å². The molecule has 166 valence electrons. The first-order valence-electron chi connectivity index (χ1n) is 11.5. The van der Waals surface area contributed by atoms with Gasteiger partial charge in [-0.05, 0) is 45.1 Å². The summed E-state index contributed by atoms with van der Waals surface area (Å²) in [6, 6.07) is 11.6. The molecule has 7 heteroatoms. The van der Waals surface area contributed by atoms with Crippen LogP contribution in [-0.2, 0) is 4.79 Å². The smallest absolute Gasteiger partial charge is 0.259 e. The lowest BCUT2D eigenvalue weighted by Gasteiger charge is -2.35. The fraction of sp³-hybridized carbons (Fsp3) is 0.440. The molecule has 0 radical (unpaired) electrons. The minimum atomic E-state index is -0.0512. The molecule has 0 N–H and O–H groups in total. The van der Waals surface area contributed by atoms with E-state index in [1.165, 1.54) is 6.42 Å². The molecule has 2 aliphatic rings. The van der Waals surface area contributed by atoms with Crippen molar-refractivity contribution in [2.24, 2.45) is 5.92 Å². The highest BCUT2D eigenvalue weighted by atomic mass is 16.5. The molecular weight excluding hydrogens is 404 g/mol. The van der Waals surface area contributed by atoms with Crippen LogP contribution in [0.15, 0.2) is 40.9 Å². The summed E-state index contributed by atoms with van der Waals surface area (Å²) in [5, 5.41) is 4.72. The van der Waals surface area contributed by atoms with Crippen LogP contribution in [0.4, 0.5) is 0 Å². The monoisotopic (exact) mass is 432 g/mol. The van der Waals surface area contributed by atoms with E-state index in [1.807, 2.05) is 53.1 Å². The Balaban J connectivity index is 1.37. The molecule has 3 aromatic rings. The van der Waals surface area contributed by atoms with Gasteiger partial charge in [-0.15, -0.1) is 0 Å². The highest BCUT2D eigenvalue weighted by Crippen LogP contribution is 2.29. The van der Waals surface area contributed by atoms with Gasteiger partial charge in [0.05, 0.1) is 22.3 Å². The van der Waals surface area contributed by atoms with Crippen LogP contribution in [0.2, 0.25) is 0 Å². The molecular formula is C25H28N4O3. The van der Waals surface area contributed by atoms with E-state index >= 15 is 0 Å². The SMILES string of the molecule is Cc1noc2nc(-c3ccccc3)cc(C(=O)N3CCC(C(=O)N4CCCCC4)CC3)c12. The molecule has 2 amide bonds. The lowest BCUT2D eigenvalue weighted by atomic mass is 9.93. The van der Waals surface area contributed by atoms with E-state index < -0.39 is 0 Å². The van der Waals surface area contributed by atoms with Gasteiger partial charge in [-0.3, -0.25) is 9.59 Å². The predicted molar refractivity (Wildman–Crippen MR) is 121 cm³/mol. The third-order valence-electron chi connectivity index (χ3n) is 6.72. The zero-order valence-corrected chi connectivity index (χ0v) is 18.4. The Kier molecular flexibility index (Phi) is 5.64. The highest BCUT2D eigenvalue weighted by Gasteiger charge is 2.32. The first kappa shape index (κ1) is 20.7. The topological polar surface area (TPSA) is 79.5 Å². The lowest BCUT2D eigenvalue weighted by Crippen LogP contribution is -2.45. The average molecular weight is 433 g/mol. The van der Waals surface area contributed by atoms with Gasteiger partial charge in [-0.1, -0.05) is 35.5 Å². The maximum absolute atomic E-state index is 13.6. The number of carbonyl (C=O) groups excluding carboxylic acids is 2. The molecule has 2 aromatic heterocycles. The quantitative estimate of drug-likeness (QED) is 0.624. The zero-order chi connectivity index (χ0) is 22.1. The molecule has 2 fully saturated rings. The predicted octanol–water partition coefficient (Wildman–Crippen LogP) is 4.06. The first-order valence-corrected chi connectivity index (χ1v) is 11.5. The number of hydrogen-bond acceptors (Lipinski definition) is 5. The normalized spacial score (nSPS) is 17.7. The summed E-state index contributed by atoms with van der Waals surface area (Å²) >= 11 is 0. The second-order valence-electron chi connectivity index (χ2n) is 8.82. The number of likely N-dealkylation sites (tertiary alicyclic amines) is 2. The molecule has 4 heterocycles. The van der Waals surface area contributed by atoms with Gasteiger partial charge in [0.25, 0.3) is 11.6 Å². The van der Waals surface area contributed by atoms with Crippen molar-refractivity contribution < 1.29 is 14.1 Å². The highest BCUT2D eigenvalue weighted by molar-refractivity contribution is 6.07. The number of piperidine rings is 2. The van der Waals surface area contributed by atoms with Crippen LogP contribution >= 0.6 is 0 Å². The number of carbonyl (C=O) groups is 2. The van der Waals surface area contributed by atoms with Gasteiger partial charge in [0.1, 0.15) is 0 Å². The Bertz CT molecular complexity index is 1130. The molecule has 7 nitrogen and oxygen atoms in total. The summed E-state index contributed by atoms with van der Waals surface area (Å²) in [6.07, 6.45) is 4.84. The Morgan fingerprint density at radius 3 is 2.41 bits per heavy atom. The van der Waals surface area contributed by atoms with E-state index in [9.17, 15) is 9.59 Å². The summed E-state index contributed by atoms with van der Waals surface area (Å²) in [7, 11) is 0.